The Kier molecular flexibility index (Phi) is 6.95. The van der Waals surface area contributed by atoms with Crippen LogP contribution in [-0.2, 0) is 4.79 Å². The standard InChI is InChI=1S/C19H22ClNO4/c1-13-10-17(11-14(2)19(13)20)25-12-18(22)21-8-9-24-16-6-4-15(23-3)5-7-16/h4-7,10-11H,8-9,12H2,1-3H3,(H,21,22). The van der Waals surface area contributed by atoms with Gasteiger partial charge in [0.25, 0.3) is 5.91 Å². The van der Waals surface area contributed by atoms with Crippen molar-refractivity contribution in [3.8, 4) is 17.2 Å². The molecule has 0 aromatic heterocycles. The molecule has 2 rings (SSSR count). The van der Waals surface area contributed by atoms with Gasteiger partial charge in [0.2, 0.25) is 0 Å². The maximum atomic E-state index is 11.8. The quantitative estimate of drug-likeness (QED) is 0.729. The first-order chi connectivity index (χ1) is 12.0. The van der Waals surface area contributed by atoms with Gasteiger partial charge in [-0.05, 0) is 61.4 Å². The molecule has 0 radical (unpaired) electrons. The van der Waals surface area contributed by atoms with E-state index in [1.807, 2.05) is 50.2 Å². The van der Waals surface area contributed by atoms with Gasteiger partial charge in [-0.15, -0.1) is 0 Å². The molecule has 25 heavy (non-hydrogen) atoms. The van der Waals surface area contributed by atoms with Gasteiger partial charge in [0.15, 0.2) is 6.61 Å². The number of rotatable bonds is 8. The van der Waals surface area contributed by atoms with Gasteiger partial charge in [-0.1, -0.05) is 11.6 Å². The van der Waals surface area contributed by atoms with Crippen molar-refractivity contribution in [3.05, 3.63) is 52.5 Å². The van der Waals surface area contributed by atoms with E-state index in [9.17, 15) is 4.79 Å². The fourth-order valence-corrected chi connectivity index (χ4v) is 2.33. The molecule has 1 amide bonds. The molecule has 0 heterocycles. The van der Waals surface area contributed by atoms with E-state index >= 15 is 0 Å². The highest BCUT2D eigenvalue weighted by Gasteiger charge is 2.06. The number of halogens is 1. The average Bonchev–Trinajstić information content (AvgIpc) is 2.62. The lowest BCUT2D eigenvalue weighted by Gasteiger charge is -2.11. The van der Waals surface area contributed by atoms with Crippen LogP contribution in [0.25, 0.3) is 0 Å². The summed E-state index contributed by atoms with van der Waals surface area (Å²) in [5, 5.41) is 3.46. The summed E-state index contributed by atoms with van der Waals surface area (Å²) in [6, 6.07) is 10.9. The lowest BCUT2D eigenvalue weighted by Crippen LogP contribution is -2.32. The fourth-order valence-electron chi connectivity index (χ4n) is 2.22. The summed E-state index contributed by atoms with van der Waals surface area (Å²) in [7, 11) is 1.61. The van der Waals surface area contributed by atoms with Gasteiger partial charge in [0.05, 0.1) is 13.7 Å². The topological polar surface area (TPSA) is 56.8 Å². The normalized spacial score (nSPS) is 10.2. The lowest BCUT2D eigenvalue weighted by molar-refractivity contribution is -0.123. The first-order valence-electron chi connectivity index (χ1n) is 7.92. The van der Waals surface area contributed by atoms with E-state index in [0.29, 0.717) is 23.9 Å². The second-order valence-corrected chi connectivity index (χ2v) is 5.91. The molecule has 0 unspecified atom stereocenters. The average molecular weight is 364 g/mol. The molecule has 2 aromatic carbocycles. The van der Waals surface area contributed by atoms with Crippen molar-refractivity contribution in [2.45, 2.75) is 13.8 Å². The first kappa shape index (κ1) is 18.9. The van der Waals surface area contributed by atoms with E-state index in [2.05, 4.69) is 5.32 Å². The van der Waals surface area contributed by atoms with Crippen LogP contribution in [0.3, 0.4) is 0 Å². The van der Waals surface area contributed by atoms with Crippen molar-refractivity contribution in [1.29, 1.82) is 0 Å². The van der Waals surface area contributed by atoms with Crippen LogP contribution >= 0.6 is 11.6 Å². The molecule has 0 saturated heterocycles. The van der Waals surface area contributed by atoms with Crippen LogP contribution in [-0.4, -0.2) is 32.8 Å². The molecular weight excluding hydrogens is 342 g/mol. The van der Waals surface area contributed by atoms with Crippen LogP contribution in [0.4, 0.5) is 0 Å². The zero-order valence-corrected chi connectivity index (χ0v) is 15.4. The summed E-state index contributed by atoms with van der Waals surface area (Å²) >= 11 is 6.11. The summed E-state index contributed by atoms with van der Waals surface area (Å²) in [6.07, 6.45) is 0. The maximum absolute atomic E-state index is 11.8. The van der Waals surface area contributed by atoms with Crippen molar-refractivity contribution in [1.82, 2.24) is 5.32 Å². The predicted molar refractivity (Wildman–Crippen MR) is 97.9 cm³/mol. The number of aryl methyl sites for hydroxylation is 2. The number of amides is 1. The Bertz CT molecular complexity index is 693. The molecule has 0 aliphatic carbocycles. The Morgan fingerprint density at radius 2 is 1.60 bits per heavy atom. The van der Waals surface area contributed by atoms with E-state index in [1.54, 1.807) is 7.11 Å². The van der Waals surface area contributed by atoms with E-state index < -0.39 is 0 Å². The van der Waals surface area contributed by atoms with Crippen LogP contribution in [0.15, 0.2) is 36.4 Å². The third-order valence-corrected chi connectivity index (χ3v) is 4.13. The maximum Gasteiger partial charge on any atom is 0.258 e. The number of benzene rings is 2. The molecule has 0 aliphatic heterocycles. The highest BCUT2D eigenvalue weighted by Crippen LogP contribution is 2.25. The van der Waals surface area contributed by atoms with E-state index in [1.165, 1.54) is 0 Å². The second kappa shape index (κ2) is 9.18. The summed E-state index contributed by atoms with van der Waals surface area (Å²) in [6.45, 7) is 4.52. The number of methoxy groups -OCH3 is 1. The van der Waals surface area contributed by atoms with Gasteiger partial charge in [-0.3, -0.25) is 4.79 Å². The van der Waals surface area contributed by atoms with E-state index in [-0.39, 0.29) is 12.5 Å². The molecule has 0 bridgehead atoms. The third kappa shape index (κ3) is 5.87. The minimum atomic E-state index is -0.205. The summed E-state index contributed by atoms with van der Waals surface area (Å²) < 4.78 is 16.1. The third-order valence-electron chi connectivity index (χ3n) is 3.53. The van der Waals surface area contributed by atoms with Crippen molar-refractivity contribution >= 4 is 17.5 Å². The number of nitrogens with one attached hydrogen (secondary N) is 1. The minimum absolute atomic E-state index is 0.0525. The Morgan fingerprint density at radius 3 is 2.20 bits per heavy atom. The SMILES string of the molecule is COc1ccc(OCCNC(=O)COc2cc(C)c(Cl)c(C)c2)cc1. The molecule has 5 nitrogen and oxygen atoms in total. The zero-order valence-electron chi connectivity index (χ0n) is 14.6. The summed E-state index contributed by atoms with van der Waals surface area (Å²) in [4.78, 5) is 11.8. The van der Waals surface area contributed by atoms with Crippen LogP contribution < -0.4 is 19.5 Å². The lowest BCUT2D eigenvalue weighted by atomic mass is 10.1. The van der Waals surface area contributed by atoms with Crippen molar-refractivity contribution < 1.29 is 19.0 Å². The van der Waals surface area contributed by atoms with Crippen molar-refractivity contribution in [2.75, 3.05) is 26.9 Å². The number of carbonyl (C=O) groups excluding carboxylic acids is 1. The number of hydrogen-bond donors (Lipinski definition) is 1. The smallest absolute Gasteiger partial charge is 0.258 e. The molecule has 1 N–H and O–H groups in total. The fraction of sp³-hybridized carbons (Fsp3) is 0.316. The minimum Gasteiger partial charge on any atom is -0.497 e. The Morgan fingerprint density at radius 1 is 1.00 bits per heavy atom. The van der Waals surface area contributed by atoms with E-state index in [4.69, 9.17) is 25.8 Å². The van der Waals surface area contributed by atoms with Gasteiger partial charge in [-0.25, -0.2) is 0 Å². The van der Waals surface area contributed by atoms with Crippen LogP contribution in [0.5, 0.6) is 17.2 Å². The molecule has 0 spiro atoms. The van der Waals surface area contributed by atoms with Crippen LogP contribution in [0, 0.1) is 13.8 Å². The monoisotopic (exact) mass is 363 g/mol. The van der Waals surface area contributed by atoms with Crippen LogP contribution in [0.2, 0.25) is 5.02 Å². The molecular formula is C19H22ClNO4. The summed E-state index contributed by atoms with van der Waals surface area (Å²) in [5.41, 5.74) is 1.84. The van der Waals surface area contributed by atoms with Crippen molar-refractivity contribution in [2.24, 2.45) is 0 Å². The Hall–Kier alpha value is -2.40. The van der Waals surface area contributed by atoms with Gasteiger partial charge < -0.3 is 19.5 Å². The number of hydrogen-bond acceptors (Lipinski definition) is 4. The Labute approximate surface area is 152 Å². The molecule has 0 atom stereocenters. The van der Waals surface area contributed by atoms with Gasteiger partial charge in [0.1, 0.15) is 23.9 Å². The first-order valence-corrected chi connectivity index (χ1v) is 8.30. The molecule has 0 fully saturated rings. The molecule has 2 aromatic rings. The van der Waals surface area contributed by atoms with Gasteiger partial charge in [-0.2, -0.15) is 0 Å². The summed E-state index contributed by atoms with van der Waals surface area (Å²) in [5.74, 6) is 1.91. The predicted octanol–water partition coefficient (Wildman–Crippen LogP) is 3.54. The van der Waals surface area contributed by atoms with Gasteiger partial charge in [0, 0.05) is 5.02 Å². The Balaban J connectivity index is 1.68. The van der Waals surface area contributed by atoms with E-state index in [0.717, 1.165) is 22.6 Å². The molecule has 6 heteroatoms. The largest absolute Gasteiger partial charge is 0.497 e. The zero-order chi connectivity index (χ0) is 18.2. The van der Waals surface area contributed by atoms with Crippen LogP contribution in [0.1, 0.15) is 11.1 Å². The highest BCUT2D eigenvalue weighted by molar-refractivity contribution is 6.32. The van der Waals surface area contributed by atoms with Crippen molar-refractivity contribution in [3.63, 3.8) is 0 Å². The second-order valence-electron chi connectivity index (χ2n) is 5.53. The highest BCUT2D eigenvalue weighted by atomic mass is 35.5. The molecule has 0 saturated carbocycles. The number of ether oxygens (including phenoxy) is 3. The molecule has 134 valence electrons. The number of carbonyl (C=O) groups is 1. The molecule has 0 aliphatic rings. The van der Waals surface area contributed by atoms with Gasteiger partial charge >= 0.3 is 0 Å².